The minimum Gasteiger partial charge on any atom is -0.490 e. The fourth-order valence-corrected chi connectivity index (χ4v) is 4.42. The van der Waals surface area contributed by atoms with Crippen LogP contribution in [-0.2, 0) is 0 Å². The van der Waals surface area contributed by atoms with Gasteiger partial charge in [-0.1, -0.05) is 31.2 Å². The third kappa shape index (κ3) is 4.92. The third-order valence-corrected chi connectivity index (χ3v) is 5.98. The molecule has 1 fully saturated rings. The summed E-state index contributed by atoms with van der Waals surface area (Å²) in [6, 6.07) is 14.3. The van der Waals surface area contributed by atoms with E-state index in [4.69, 9.17) is 4.74 Å². The summed E-state index contributed by atoms with van der Waals surface area (Å²) >= 11 is 0. The summed E-state index contributed by atoms with van der Waals surface area (Å²) in [5.74, 6) is 1.54. The summed E-state index contributed by atoms with van der Waals surface area (Å²) < 4.78 is 6.01. The van der Waals surface area contributed by atoms with Gasteiger partial charge in [-0.25, -0.2) is 0 Å². The molecule has 29 heavy (non-hydrogen) atoms. The highest BCUT2D eigenvalue weighted by Gasteiger charge is 2.18. The van der Waals surface area contributed by atoms with Crippen LogP contribution in [0.3, 0.4) is 0 Å². The molecule has 2 heterocycles. The summed E-state index contributed by atoms with van der Waals surface area (Å²) in [5, 5.41) is 16.1. The Kier molecular flexibility index (Phi) is 6.70. The maximum atomic E-state index is 10.4. The molecule has 1 aliphatic heterocycles. The van der Waals surface area contributed by atoms with Crippen LogP contribution in [0.15, 0.2) is 42.5 Å². The van der Waals surface area contributed by atoms with Gasteiger partial charge in [0.1, 0.15) is 18.5 Å². The Hall–Kier alpha value is -2.08. The Morgan fingerprint density at radius 1 is 1.14 bits per heavy atom. The second-order valence-corrected chi connectivity index (χ2v) is 8.26. The van der Waals surface area contributed by atoms with Gasteiger partial charge in [0.25, 0.3) is 0 Å². The number of benzene rings is 2. The van der Waals surface area contributed by atoms with Gasteiger partial charge in [0.15, 0.2) is 0 Å². The Balaban J connectivity index is 1.26. The van der Waals surface area contributed by atoms with Crippen LogP contribution in [-0.4, -0.2) is 60.4 Å². The summed E-state index contributed by atoms with van der Waals surface area (Å²) in [5.41, 5.74) is 2.16. The third-order valence-electron chi connectivity index (χ3n) is 5.98. The van der Waals surface area contributed by atoms with Gasteiger partial charge in [-0.2, -0.15) is 0 Å². The van der Waals surface area contributed by atoms with Crippen LogP contribution in [0.25, 0.3) is 21.8 Å². The number of hydrogen-bond acceptors (Lipinski definition) is 4. The highest BCUT2D eigenvalue weighted by atomic mass is 16.5. The molecule has 3 aromatic rings. The Morgan fingerprint density at radius 3 is 2.76 bits per heavy atom. The average molecular weight is 396 g/mol. The number of aromatic amines is 1. The summed E-state index contributed by atoms with van der Waals surface area (Å²) in [6.07, 6.45) is 3.22. The monoisotopic (exact) mass is 395 g/mol. The number of hydrogen-bond donors (Lipinski definition) is 3. The van der Waals surface area contributed by atoms with E-state index in [0.717, 1.165) is 40.0 Å². The van der Waals surface area contributed by atoms with Gasteiger partial charge in [-0.05, 0) is 69.6 Å². The lowest BCUT2D eigenvalue weighted by Crippen LogP contribution is -2.39. The number of fused-ring (bicyclic) bond motifs is 3. The van der Waals surface area contributed by atoms with Crippen molar-refractivity contribution in [1.29, 1.82) is 0 Å². The molecule has 5 nitrogen and oxygen atoms in total. The lowest BCUT2D eigenvalue weighted by Gasteiger charge is -2.31. The fraction of sp³-hybridized carbons (Fsp3) is 0.500. The predicted molar refractivity (Wildman–Crippen MR) is 120 cm³/mol. The van der Waals surface area contributed by atoms with Crippen molar-refractivity contribution in [2.75, 3.05) is 39.3 Å². The van der Waals surface area contributed by atoms with Crippen LogP contribution < -0.4 is 10.1 Å². The van der Waals surface area contributed by atoms with Crippen molar-refractivity contribution >= 4 is 21.8 Å². The molecule has 5 heteroatoms. The molecule has 1 aromatic heterocycles. The molecule has 156 valence electrons. The van der Waals surface area contributed by atoms with E-state index in [1.165, 1.54) is 38.9 Å². The number of aliphatic hydroxyl groups excluding tert-OH is 1. The Labute approximate surface area is 173 Å². The zero-order valence-corrected chi connectivity index (χ0v) is 17.4. The second kappa shape index (κ2) is 9.61. The maximum absolute atomic E-state index is 10.4. The molecule has 2 aromatic carbocycles. The standard InChI is InChI=1S/C24H33N3O2/c1-2-12-27-13-10-18(11-14-27)15-25-16-19(28)17-29-23-9-5-8-22-24(23)20-6-3-4-7-21(20)26-22/h3-9,18-19,25-26,28H,2,10-17H2,1H3/t19-/m1/s1. The van der Waals surface area contributed by atoms with Gasteiger partial charge in [-0.15, -0.1) is 0 Å². The second-order valence-electron chi connectivity index (χ2n) is 8.26. The lowest BCUT2D eigenvalue weighted by atomic mass is 9.96. The number of ether oxygens (including phenoxy) is 1. The van der Waals surface area contributed by atoms with Crippen LogP contribution in [0.2, 0.25) is 0 Å². The molecule has 3 N–H and O–H groups in total. The number of para-hydroxylation sites is 1. The Bertz CT molecular complexity index is 915. The molecule has 0 spiro atoms. The first kappa shape index (κ1) is 20.2. The van der Waals surface area contributed by atoms with E-state index >= 15 is 0 Å². The number of piperidine rings is 1. The van der Waals surface area contributed by atoms with E-state index in [1.807, 2.05) is 24.3 Å². The van der Waals surface area contributed by atoms with E-state index in [0.29, 0.717) is 13.2 Å². The minimum absolute atomic E-state index is 0.292. The van der Waals surface area contributed by atoms with E-state index in [-0.39, 0.29) is 0 Å². The predicted octanol–water partition coefficient (Wildman–Crippen LogP) is 3.77. The van der Waals surface area contributed by atoms with Crippen molar-refractivity contribution < 1.29 is 9.84 Å². The molecule has 1 atom stereocenters. The molecule has 0 bridgehead atoms. The number of nitrogens with zero attached hydrogens (tertiary/aromatic N) is 1. The van der Waals surface area contributed by atoms with Crippen molar-refractivity contribution in [3.8, 4) is 5.75 Å². The highest BCUT2D eigenvalue weighted by Crippen LogP contribution is 2.32. The average Bonchev–Trinajstić information content (AvgIpc) is 3.13. The number of rotatable bonds is 9. The van der Waals surface area contributed by atoms with Crippen molar-refractivity contribution in [3.05, 3.63) is 42.5 Å². The first-order valence-electron chi connectivity index (χ1n) is 11.0. The van der Waals surface area contributed by atoms with Crippen molar-refractivity contribution in [2.45, 2.75) is 32.3 Å². The summed E-state index contributed by atoms with van der Waals surface area (Å²) in [7, 11) is 0. The normalized spacial score (nSPS) is 17.2. The van der Waals surface area contributed by atoms with E-state index in [2.05, 4.69) is 40.3 Å². The number of nitrogens with one attached hydrogen (secondary N) is 2. The van der Waals surface area contributed by atoms with E-state index < -0.39 is 6.10 Å². The number of aromatic nitrogens is 1. The van der Waals surface area contributed by atoms with Gasteiger partial charge >= 0.3 is 0 Å². The molecule has 0 unspecified atom stereocenters. The molecule has 0 saturated carbocycles. The van der Waals surface area contributed by atoms with Crippen molar-refractivity contribution in [2.24, 2.45) is 5.92 Å². The number of likely N-dealkylation sites (tertiary alicyclic amines) is 1. The Morgan fingerprint density at radius 2 is 1.93 bits per heavy atom. The van der Waals surface area contributed by atoms with Crippen LogP contribution in [0, 0.1) is 5.92 Å². The topological polar surface area (TPSA) is 60.5 Å². The molecule has 1 saturated heterocycles. The molecule has 0 amide bonds. The zero-order chi connectivity index (χ0) is 20.1. The van der Waals surface area contributed by atoms with Gasteiger partial charge in [0.05, 0.1) is 5.52 Å². The molecular formula is C24H33N3O2. The quantitative estimate of drug-likeness (QED) is 0.516. The van der Waals surface area contributed by atoms with Crippen LogP contribution in [0.1, 0.15) is 26.2 Å². The fourth-order valence-electron chi connectivity index (χ4n) is 4.42. The van der Waals surface area contributed by atoms with Crippen molar-refractivity contribution in [1.82, 2.24) is 15.2 Å². The van der Waals surface area contributed by atoms with E-state index in [1.54, 1.807) is 0 Å². The van der Waals surface area contributed by atoms with Crippen LogP contribution >= 0.6 is 0 Å². The summed E-state index contributed by atoms with van der Waals surface area (Å²) in [4.78, 5) is 5.99. The van der Waals surface area contributed by atoms with Crippen LogP contribution in [0.5, 0.6) is 5.75 Å². The lowest BCUT2D eigenvalue weighted by molar-refractivity contribution is 0.104. The highest BCUT2D eigenvalue weighted by molar-refractivity contribution is 6.10. The minimum atomic E-state index is -0.518. The number of aliphatic hydroxyl groups is 1. The molecule has 4 rings (SSSR count). The first-order valence-corrected chi connectivity index (χ1v) is 11.0. The maximum Gasteiger partial charge on any atom is 0.129 e. The van der Waals surface area contributed by atoms with Gasteiger partial charge in [-0.3, -0.25) is 0 Å². The largest absolute Gasteiger partial charge is 0.490 e. The van der Waals surface area contributed by atoms with Crippen molar-refractivity contribution in [3.63, 3.8) is 0 Å². The smallest absolute Gasteiger partial charge is 0.129 e. The van der Waals surface area contributed by atoms with Gasteiger partial charge < -0.3 is 25.0 Å². The molecule has 0 aliphatic carbocycles. The zero-order valence-electron chi connectivity index (χ0n) is 17.4. The number of H-pyrrole nitrogens is 1. The van der Waals surface area contributed by atoms with Gasteiger partial charge in [0.2, 0.25) is 0 Å². The molecule has 1 aliphatic rings. The van der Waals surface area contributed by atoms with Crippen LogP contribution in [0.4, 0.5) is 0 Å². The molecule has 0 radical (unpaired) electrons. The molecular weight excluding hydrogens is 362 g/mol. The first-order chi connectivity index (χ1) is 14.2. The van der Waals surface area contributed by atoms with E-state index in [9.17, 15) is 5.11 Å². The summed E-state index contributed by atoms with van der Waals surface area (Å²) in [6.45, 7) is 7.73. The van der Waals surface area contributed by atoms with Gasteiger partial charge in [0, 0.05) is 22.8 Å². The SMILES string of the molecule is CCCN1CCC(CNC[C@@H](O)COc2cccc3[nH]c4ccccc4c23)CC1.